The molecule has 0 spiro atoms. The predicted octanol–water partition coefficient (Wildman–Crippen LogP) is 1.24. The molecule has 0 saturated carbocycles. The lowest BCUT2D eigenvalue weighted by molar-refractivity contribution is -0.160. The molecule has 0 unspecified atom stereocenters. The number of rotatable bonds is 4. The summed E-state index contributed by atoms with van der Waals surface area (Å²) in [6.45, 7) is 2.78. The third-order valence-electron chi connectivity index (χ3n) is 3.16. The zero-order valence-corrected chi connectivity index (χ0v) is 11.6. The summed E-state index contributed by atoms with van der Waals surface area (Å²) in [5, 5.41) is 10.9. The summed E-state index contributed by atoms with van der Waals surface area (Å²) in [7, 11) is 0. The second-order valence-electron chi connectivity index (χ2n) is 4.67. The van der Waals surface area contributed by atoms with Crippen molar-refractivity contribution in [1.29, 1.82) is 0 Å². The third-order valence-corrected chi connectivity index (χ3v) is 4.06. The highest BCUT2D eigenvalue weighted by atomic mass is 32.1. The van der Waals surface area contributed by atoms with Crippen molar-refractivity contribution in [2.75, 3.05) is 19.7 Å². The molecule has 1 aliphatic heterocycles. The fourth-order valence-corrected chi connectivity index (χ4v) is 2.96. The van der Waals surface area contributed by atoms with Gasteiger partial charge in [-0.2, -0.15) is 0 Å². The van der Waals surface area contributed by atoms with E-state index in [0.29, 0.717) is 13.0 Å². The Morgan fingerprint density at radius 3 is 3.05 bits per heavy atom. The van der Waals surface area contributed by atoms with Gasteiger partial charge in [-0.1, -0.05) is 13.0 Å². The second-order valence-corrected chi connectivity index (χ2v) is 5.70. The minimum absolute atomic E-state index is 0.00273. The van der Waals surface area contributed by atoms with Gasteiger partial charge in [0, 0.05) is 17.3 Å². The molecule has 2 rings (SSSR count). The molecule has 1 amide bonds. The van der Waals surface area contributed by atoms with E-state index < -0.39 is 12.1 Å². The Hall–Kier alpha value is -1.40. The Kier molecular flexibility index (Phi) is 4.55. The van der Waals surface area contributed by atoms with Gasteiger partial charge in [0.1, 0.15) is 0 Å². The van der Waals surface area contributed by atoms with Crippen LogP contribution in [0.1, 0.15) is 11.8 Å². The lowest BCUT2D eigenvalue weighted by atomic mass is 10.0. The molecule has 1 aromatic heterocycles. The van der Waals surface area contributed by atoms with E-state index in [9.17, 15) is 9.59 Å². The first kappa shape index (κ1) is 14.0. The molecule has 0 aliphatic carbocycles. The van der Waals surface area contributed by atoms with Crippen LogP contribution in [0.2, 0.25) is 0 Å². The number of amides is 1. The van der Waals surface area contributed by atoms with Crippen molar-refractivity contribution in [2.45, 2.75) is 19.4 Å². The number of carbonyl (C=O) groups excluding carboxylic acids is 1. The fraction of sp³-hybridized carbons (Fsp3) is 0.538. The lowest BCUT2D eigenvalue weighted by Gasteiger charge is -2.32. The summed E-state index contributed by atoms with van der Waals surface area (Å²) in [5.41, 5.74) is 0. The Bertz CT molecular complexity index is 446. The minimum Gasteiger partial charge on any atom is -0.479 e. The van der Waals surface area contributed by atoms with E-state index in [-0.39, 0.29) is 25.0 Å². The van der Waals surface area contributed by atoms with Gasteiger partial charge in [-0.05, 0) is 17.9 Å². The van der Waals surface area contributed by atoms with E-state index in [2.05, 4.69) is 0 Å². The summed E-state index contributed by atoms with van der Waals surface area (Å²) < 4.78 is 5.11. The first-order chi connectivity index (χ1) is 9.08. The number of thiophene rings is 1. The molecule has 0 radical (unpaired) electrons. The van der Waals surface area contributed by atoms with Crippen LogP contribution in [0, 0.1) is 5.92 Å². The second kappa shape index (κ2) is 6.16. The van der Waals surface area contributed by atoms with Gasteiger partial charge in [0.15, 0.2) is 6.10 Å². The van der Waals surface area contributed by atoms with Crippen LogP contribution in [0.25, 0.3) is 0 Å². The van der Waals surface area contributed by atoms with Gasteiger partial charge >= 0.3 is 5.97 Å². The highest BCUT2D eigenvalue weighted by molar-refractivity contribution is 7.09. The summed E-state index contributed by atoms with van der Waals surface area (Å²) in [6.07, 6.45) is -0.197. The maximum absolute atomic E-state index is 12.3. The van der Waals surface area contributed by atoms with Gasteiger partial charge in [0.2, 0.25) is 5.91 Å². The third kappa shape index (κ3) is 3.54. The largest absolute Gasteiger partial charge is 0.479 e. The predicted molar refractivity (Wildman–Crippen MR) is 71.1 cm³/mol. The molecule has 5 nitrogen and oxygen atoms in total. The monoisotopic (exact) mass is 283 g/mol. The van der Waals surface area contributed by atoms with E-state index >= 15 is 0 Å². The van der Waals surface area contributed by atoms with Gasteiger partial charge in [0.25, 0.3) is 0 Å². The van der Waals surface area contributed by atoms with Crippen molar-refractivity contribution in [2.24, 2.45) is 5.92 Å². The molecule has 1 aromatic rings. The standard InChI is InChI=1S/C13H17NO4S/c1-9(7-10-3-2-6-19-10)12(15)14-4-5-18-11(8-14)13(16)17/h2-3,6,9,11H,4-5,7-8H2,1H3,(H,16,17)/t9-,11-/m1/s1. The van der Waals surface area contributed by atoms with E-state index in [1.165, 1.54) is 4.88 Å². The first-order valence-corrected chi connectivity index (χ1v) is 7.11. The van der Waals surface area contributed by atoms with Crippen molar-refractivity contribution in [3.8, 4) is 0 Å². The molecule has 19 heavy (non-hydrogen) atoms. The maximum Gasteiger partial charge on any atom is 0.334 e. The van der Waals surface area contributed by atoms with Crippen molar-refractivity contribution < 1.29 is 19.4 Å². The summed E-state index contributed by atoms with van der Waals surface area (Å²) in [5.74, 6) is -1.14. The van der Waals surface area contributed by atoms with Gasteiger partial charge in [-0.15, -0.1) is 11.3 Å². The van der Waals surface area contributed by atoms with Crippen LogP contribution in [0.5, 0.6) is 0 Å². The Labute approximate surface area is 115 Å². The van der Waals surface area contributed by atoms with Crippen LogP contribution in [0.15, 0.2) is 17.5 Å². The molecule has 104 valence electrons. The average Bonchev–Trinajstić information content (AvgIpc) is 2.90. The SMILES string of the molecule is C[C@H](Cc1cccs1)C(=O)N1CCO[C@@H](C(=O)O)C1. The Balaban J connectivity index is 1.93. The molecule has 1 N–H and O–H groups in total. The van der Waals surface area contributed by atoms with Crippen LogP contribution in [0.4, 0.5) is 0 Å². The molecular formula is C13H17NO4S. The number of hydrogen-bond donors (Lipinski definition) is 1. The van der Waals surface area contributed by atoms with Crippen LogP contribution >= 0.6 is 11.3 Å². The number of morpholine rings is 1. The zero-order chi connectivity index (χ0) is 13.8. The Morgan fingerprint density at radius 1 is 1.63 bits per heavy atom. The van der Waals surface area contributed by atoms with E-state index in [1.807, 2.05) is 24.4 Å². The average molecular weight is 283 g/mol. The molecule has 0 aromatic carbocycles. The van der Waals surface area contributed by atoms with Crippen molar-refractivity contribution in [1.82, 2.24) is 4.90 Å². The number of hydrogen-bond acceptors (Lipinski definition) is 4. The fourth-order valence-electron chi connectivity index (χ4n) is 2.13. The smallest absolute Gasteiger partial charge is 0.334 e. The molecule has 0 bridgehead atoms. The van der Waals surface area contributed by atoms with Crippen LogP contribution in [-0.4, -0.2) is 47.7 Å². The number of carboxylic acids is 1. The van der Waals surface area contributed by atoms with E-state index in [4.69, 9.17) is 9.84 Å². The summed E-state index contributed by atoms with van der Waals surface area (Å²) >= 11 is 1.63. The van der Waals surface area contributed by atoms with Gasteiger partial charge in [-0.3, -0.25) is 4.79 Å². The number of nitrogens with zero attached hydrogens (tertiary/aromatic N) is 1. The summed E-state index contributed by atoms with van der Waals surface area (Å²) in [6, 6.07) is 3.97. The van der Waals surface area contributed by atoms with Crippen molar-refractivity contribution >= 4 is 23.2 Å². The first-order valence-electron chi connectivity index (χ1n) is 6.23. The minimum atomic E-state index is -1.01. The van der Waals surface area contributed by atoms with Crippen molar-refractivity contribution in [3.05, 3.63) is 22.4 Å². The normalized spacial score (nSPS) is 21.1. The molecule has 6 heteroatoms. The molecular weight excluding hydrogens is 266 g/mol. The number of carbonyl (C=O) groups is 2. The molecule has 2 atom stereocenters. The van der Waals surface area contributed by atoms with Gasteiger partial charge < -0.3 is 14.7 Å². The highest BCUT2D eigenvalue weighted by Gasteiger charge is 2.30. The van der Waals surface area contributed by atoms with Crippen molar-refractivity contribution in [3.63, 3.8) is 0 Å². The molecule has 2 heterocycles. The quantitative estimate of drug-likeness (QED) is 0.903. The van der Waals surface area contributed by atoms with Crippen LogP contribution in [-0.2, 0) is 20.7 Å². The Morgan fingerprint density at radius 2 is 2.42 bits per heavy atom. The van der Waals surface area contributed by atoms with Gasteiger partial charge in [-0.25, -0.2) is 4.79 Å². The summed E-state index contributed by atoms with van der Waals surface area (Å²) in [4.78, 5) is 25.9. The molecule has 1 aliphatic rings. The van der Waals surface area contributed by atoms with Crippen LogP contribution in [0.3, 0.4) is 0 Å². The van der Waals surface area contributed by atoms with Gasteiger partial charge in [0.05, 0.1) is 13.2 Å². The van der Waals surface area contributed by atoms with Crippen LogP contribution < -0.4 is 0 Å². The molecule has 1 saturated heterocycles. The lowest BCUT2D eigenvalue weighted by Crippen LogP contribution is -2.50. The molecule has 1 fully saturated rings. The number of carboxylic acid groups (broad SMARTS) is 1. The topological polar surface area (TPSA) is 66.8 Å². The highest BCUT2D eigenvalue weighted by Crippen LogP contribution is 2.17. The van der Waals surface area contributed by atoms with E-state index in [0.717, 1.165) is 0 Å². The number of aliphatic carboxylic acids is 1. The van der Waals surface area contributed by atoms with E-state index in [1.54, 1.807) is 16.2 Å². The maximum atomic E-state index is 12.3. The number of ether oxygens (including phenoxy) is 1. The zero-order valence-electron chi connectivity index (χ0n) is 10.7.